The predicted octanol–water partition coefficient (Wildman–Crippen LogP) is 1.55. The Kier molecular flexibility index (Phi) is 3.93. The van der Waals surface area contributed by atoms with Crippen LogP contribution in [0.3, 0.4) is 0 Å². The Bertz CT molecular complexity index is 309. The minimum absolute atomic E-state index is 0.169. The van der Waals surface area contributed by atoms with Crippen LogP contribution in [-0.2, 0) is 9.53 Å². The van der Waals surface area contributed by atoms with E-state index in [1.807, 2.05) is 13.8 Å². The molecule has 1 aliphatic rings. The second-order valence-corrected chi connectivity index (χ2v) is 4.02. The highest BCUT2D eigenvalue weighted by molar-refractivity contribution is 5.77. The van der Waals surface area contributed by atoms with Gasteiger partial charge in [-0.1, -0.05) is 18.4 Å². The number of allylic oxidation sites excluding steroid dienone is 1. The van der Waals surface area contributed by atoms with E-state index in [9.17, 15) is 4.79 Å². The molecule has 0 bridgehead atoms. The Labute approximate surface area is 91.1 Å². The normalized spacial score (nSPS) is 16.1. The van der Waals surface area contributed by atoms with Crippen molar-refractivity contribution < 1.29 is 9.53 Å². The first-order chi connectivity index (χ1) is 7.05. The third-order valence-corrected chi connectivity index (χ3v) is 2.23. The summed E-state index contributed by atoms with van der Waals surface area (Å²) in [6.07, 6.45) is 3.11. The monoisotopic (exact) mass is 207 g/mol. The van der Waals surface area contributed by atoms with Gasteiger partial charge < -0.3 is 9.64 Å². The van der Waals surface area contributed by atoms with Crippen molar-refractivity contribution in [2.45, 2.75) is 32.3 Å². The number of rotatable bonds is 3. The molecule has 0 aromatic rings. The molecule has 82 valence electrons. The van der Waals surface area contributed by atoms with Crippen molar-refractivity contribution in [1.82, 2.24) is 4.90 Å². The summed E-state index contributed by atoms with van der Waals surface area (Å²) in [5.74, 6) is 5.85. The first kappa shape index (κ1) is 11.8. The van der Waals surface area contributed by atoms with Crippen molar-refractivity contribution in [3.05, 3.63) is 12.7 Å². The minimum Gasteiger partial charge on any atom is -0.343 e. The Morgan fingerprint density at radius 2 is 2.40 bits per heavy atom. The summed E-state index contributed by atoms with van der Waals surface area (Å²) in [6.45, 7) is 8.40. The Morgan fingerprint density at radius 1 is 1.67 bits per heavy atom. The van der Waals surface area contributed by atoms with Gasteiger partial charge in [-0.15, -0.1) is 0 Å². The molecule has 1 heterocycles. The average Bonchev–Trinajstić information content (AvgIpc) is 2.58. The molecule has 0 aliphatic carbocycles. The molecule has 0 saturated carbocycles. The topological polar surface area (TPSA) is 29.5 Å². The average molecular weight is 207 g/mol. The third-order valence-electron chi connectivity index (χ3n) is 2.23. The van der Waals surface area contributed by atoms with Gasteiger partial charge >= 0.3 is 0 Å². The highest BCUT2D eigenvalue weighted by Crippen LogP contribution is 2.13. The van der Waals surface area contributed by atoms with Crippen molar-refractivity contribution in [3.8, 4) is 11.8 Å². The van der Waals surface area contributed by atoms with Crippen LogP contribution in [0.15, 0.2) is 12.7 Å². The highest BCUT2D eigenvalue weighted by Gasteiger charge is 2.23. The molecule has 3 nitrogen and oxygen atoms in total. The van der Waals surface area contributed by atoms with Gasteiger partial charge in [0.15, 0.2) is 0 Å². The van der Waals surface area contributed by atoms with Crippen LogP contribution < -0.4 is 0 Å². The summed E-state index contributed by atoms with van der Waals surface area (Å²) in [4.78, 5) is 13.0. The van der Waals surface area contributed by atoms with Crippen molar-refractivity contribution in [3.63, 3.8) is 0 Å². The summed E-state index contributed by atoms with van der Waals surface area (Å²) in [6, 6.07) is 0. The molecule has 3 heteroatoms. The SMILES string of the molecule is C=CC#CC(C)(C)OCN1CCCC1=O. The van der Waals surface area contributed by atoms with Crippen molar-refractivity contribution in [2.75, 3.05) is 13.3 Å². The quantitative estimate of drug-likeness (QED) is 0.657. The zero-order valence-corrected chi connectivity index (χ0v) is 9.38. The van der Waals surface area contributed by atoms with E-state index in [2.05, 4.69) is 18.4 Å². The summed E-state index contributed by atoms with van der Waals surface area (Å²) in [5.41, 5.74) is -0.531. The number of amides is 1. The molecular weight excluding hydrogens is 190 g/mol. The lowest BCUT2D eigenvalue weighted by atomic mass is 10.1. The predicted molar refractivity (Wildman–Crippen MR) is 59.0 cm³/mol. The maximum absolute atomic E-state index is 11.3. The van der Waals surface area contributed by atoms with Gasteiger partial charge in [-0.25, -0.2) is 0 Å². The molecule has 0 aromatic heterocycles. The number of ether oxygens (including phenoxy) is 1. The van der Waals surface area contributed by atoms with Crippen LogP contribution >= 0.6 is 0 Å². The van der Waals surface area contributed by atoms with Gasteiger partial charge in [-0.2, -0.15) is 0 Å². The van der Waals surface area contributed by atoms with E-state index >= 15 is 0 Å². The number of hydrogen-bond acceptors (Lipinski definition) is 2. The second-order valence-electron chi connectivity index (χ2n) is 4.02. The number of carbonyl (C=O) groups is 1. The summed E-state index contributed by atoms with van der Waals surface area (Å²) >= 11 is 0. The lowest BCUT2D eigenvalue weighted by molar-refractivity contribution is -0.135. The Morgan fingerprint density at radius 3 is 2.93 bits per heavy atom. The molecule has 1 fully saturated rings. The van der Waals surface area contributed by atoms with Crippen molar-refractivity contribution in [1.29, 1.82) is 0 Å². The first-order valence-electron chi connectivity index (χ1n) is 5.10. The van der Waals surface area contributed by atoms with Gasteiger partial charge in [0.2, 0.25) is 5.91 Å². The van der Waals surface area contributed by atoms with E-state index in [1.54, 1.807) is 4.90 Å². The van der Waals surface area contributed by atoms with E-state index in [-0.39, 0.29) is 5.91 Å². The molecule has 1 amide bonds. The molecule has 0 radical (unpaired) electrons. The maximum Gasteiger partial charge on any atom is 0.224 e. The molecule has 15 heavy (non-hydrogen) atoms. The highest BCUT2D eigenvalue weighted by atomic mass is 16.5. The van der Waals surface area contributed by atoms with E-state index < -0.39 is 5.60 Å². The van der Waals surface area contributed by atoms with Crippen molar-refractivity contribution >= 4 is 5.91 Å². The molecule has 0 aromatic carbocycles. The molecular formula is C12H17NO2. The summed E-state index contributed by atoms with van der Waals surface area (Å²) < 4.78 is 5.57. The number of likely N-dealkylation sites (tertiary alicyclic amines) is 1. The maximum atomic E-state index is 11.3. The molecule has 0 N–H and O–H groups in total. The molecule has 1 rings (SSSR count). The van der Waals surface area contributed by atoms with Gasteiger partial charge in [-0.05, 0) is 26.3 Å². The van der Waals surface area contributed by atoms with E-state index in [1.165, 1.54) is 6.08 Å². The van der Waals surface area contributed by atoms with Crippen LogP contribution in [0.4, 0.5) is 0 Å². The van der Waals surface area contributed by atoms with Gasteiger partial charge in [0.05, 0.1) is 0 Å². The van der Waals surface area contributed by atoms with E-state index in [0.29, 0.717) is 13.2 Å². The number of carbonyl (C=O) groups excluding carboxylic acids is 1. The number of hydrogen-bond donors (Lipinski definition) is 0. The fraction of sp³-hybridized carbons (Fsp3) is 0.583. The molecule has 1 aliphatic heterocycles. The second kappa shape index (κ2) is 4.99. The van der Waals surface area contributed by atoms with Crippen LogP contribution in [-0.4, -0.2) is 29.7 Å². The summed E-state index contributed by atoms with van der Waals surface area (Å²) in [5, 5.41) is 0. The molecule has 0 unspecified atom stereocenters. The zero-order chi connectivity index (χ0) is 11.3. The fourth-order valence-electron chi connectivity index (χ4n) is 1.34. The van der Waals surface area contributed by atoms with E-state index in [0.717, 1.165) is 13.0 Å². The molecule has 1 saturated heterocycles. The lowest BCUT2D eigenvalue weighted by Crippen LogP contribution is -2.33. The van der Waals surface area contributed by atoms with Crippen LogP contribution in [0, 0.1) is 11.8 Å². The largest absolute Gasteiger partial charge is 0.343 e. The van der Waals surface area contributed by atoms with Gasteiger partial charge in [-0.3, -0.25) is 4.79 Å². The molecule has 0 atom stereocenters. The molecule has 0 spiro atoms. The Hall–Kier alpha value is -1.27. The Balaban J connectivity index is 2.41. The van der Waals surface area contributed by atoms with Crippen LogP contribution in [0.25, 0.3) is 0 Å². The van der Waals surface area contributed by atoms with Gasteiger partial charge in [0.1, 0.15) is 12.3 Å². The lowest BCUT2D eigenvalue weighted by Gasteiger charge is -2.23. The van der Waals surface area contributed by atoms with Crippen LogP contribution in [0.2, 0.25) is 0 Å². The first-order valence-corrected chi connectivity index (χ1v) is 5.10. The third kappa shape index (κ3) is 3.77. The van der Waals surface area contributed by atoms with Crippen molar-refractivity contribution in [2.24, 2.45) is 0 Å². The van der Waals surface area contributed by atoms with Crippen LogP contribution in [0.5, 0.6) is 0 Å². The van der Waals surface area contributed by atoms with Crippen LogP contribution in [0.1, 0.15) is 26.7 Å². The van der Waals surface area contributed by atoms with E-state index in [4.69, 9.17) is 4.74 Å². The minimum atomic E-state index is -0.531. The fourth-order valence-corrected chi connectivity index (χ4v) is 1.34. The van der Waals surface area contributed by atoms with Gasteiger partial charge in [0.25, 0.3) is 0 Å². The van der Waals surface area contributed by atoms with Gasteiger partial charge in [0, 0.05) is 13.0 Å². The number of nitrogens with zero attached hydrogens (tertiary/aromatic N) is 1. The zero-order valence-electron chi connectivity index (χ0n) is 9.38. The smallest absolute Gasteiger partial charge is 0.224 e. The summed E-state index contributed by atoms with van der Waals surface area (Å²) in [7, 11) is 0. The standard InChI is InChI=1S/C12H17NO2/c1-4-5-8-12(2,3)15-10-13-9-6-7-11(13)14/h4H,1,6-7,9-10H2,2-3H3.